The van der Waals surface area contributed by atoms with E-state index in [1.54, 1.807) is 6.92 Å². The van der Waals surface area contributed by atoms with Crippen LogP contribution in [-0.4, -0.2) is 76.6 Å². The zero-order valence-electron chi connectivity index (χ0n) is 13.5. The largest absolute Gasteiger partial charge is 0.469 e. The molecule has 1 heterocycles. The standard InChI is InChI=1S/C11H22N4O8P2/c1-8(4-14-7-13-2)15(6-12)11-3-9(23-24(16)17)10(22-11)5-21-25(18,19)20/h6-12,24H,2-5H2,1H3,(H,16,17)(H2,18,19,20)/b12-6?,14-7-/t8?,9-,10+,11+/m0/s1. The minimum absolute atomic E-state index is 0.106. The lowest BCUT2D eigenvalue weighted by Crippen LogP contribution is -2.42. The third kappa shape index (κ3) is 7.85. The molecule has 14 heteroatoms. The Morgan fingerprint density at radius 2 is 2.28 bits per heavy atom. The summed E-state index contributed by atoms with van der Waals surface area (Å²) in [6.07, 6.45) is -0.203. The Labute approximate surface area is 145 Å². The fraction of sp³-hybridized carbons (Fsp3) is 0.727. The number of rotatable bonds is 11. The smallest absolute Gasteiger partial charge is 0.350 e. The molecule has 1 aliphatic rings. The van der Waals surface area contributed by atoms with Crippen molar-refractivity contribution < 1.29 is 37.6 Å². The van der Waals surface area contributed by atoms with Crippen LogP contribution in [0.5, 0.6) is 0 Å². The zero-order chi connectivity index (χ0) is 19.0. The van der Waals surface area contributed by atoms with Gasteiger partial charge in [0.1, 0.15) is 18.7 Å². The molecule has 2 unspecified atom stereocenters. The van der Waals surface area contributed by atoms with Gasteiger partial charge < -0.3 is 28.8 Å². The Balaban J connectivity index is 2.80. The van der Waals surface area contributed by atoms with Crippen LogP contribution in [0.1, 0.15) is 13.3 Å². The summed E-state index contributed by atoms with van der Waals surface area (Å²) in [6.45, 7) is 4.80. The maximum absolute atomic E-state index is 11.0. The summed E-state index contributed by atoms with van der Waals surface area (Å²) in [5.74, 6) is 0. The molecule has 12 nitrogen and oxygen atoms in total. The van der Waals surface area contributed by atoms with Crippen molar-refractivity contribution >= 4 is 35.5 Å². The summed E-state index contributed by atoms with van der Waals surface area (Å²) in [5, 5.41) is 7.54. The van der Waals surface area contributed by atoms with E-state index in [2.05, 4.69) is 21.2 Å². The van der Waals surface area contributed by atoms with Crippen molar-refractivity contribution in [2.24, 2.45) is 9.98 Å². The first-order valence-electron chi connectivity index (χ1n) is 7.15. The summed E-state index contributed by atoms with van der Waals surface area (Å²) in [7, 11) is -8.02. The summed E-state index contributed by atoms with van der Waals surface area (Å²) in [6, 6.07) is -0.270. The fourth-order valence-corrected chi connectivity index (χ4v) is 3.15. The molecular weight excluding hydrogens is 378 g/mol. The molecule has 0 bridgehead atoms. The predicted molar refractivity (Wildman–Crippen MR) is 90.4 cm³/mol. The number of nitrogens with zero attached hydrogens (tertiary/aromatic N) is 3. The minimum atomic E-state index is -4.73. The molecule has 144 valence electrons. The Bertz CT molecular complexity index is 556. The quantitative estimate of drug-likeness (QED) is 0.211. The lowest BCUT2D eigenvalue weighted by Gasteiger charge is -2.31. The highest BCUT2D eigenvalue weighted by Gasteiger charge is 2.41. The van der Waals surface area contributed by atoms with Crippen molar-refractivity contribution in [1.29, 1.82) is 5.41 Å². The maximum Gasteiger partial charge on any atom is 0.469 e. The van der Waals surface area contributed by atoms with E-state index in [4.69, 9.17) is 29.4 Å². The molecule has 0 saturated carbocycles. The van der Waals surface area contributed by atoms with Gasteiger partial charge in [0.2, 0.25) is 0 Å². The number of hydrogen-bond donors (Lipinski definition) is 4. The van der Waals surface area contributed by atoms with Gasteiger partial charge in [-0.2, -0.15) is 0 Å². The van der Waals surface area contributed by atoms with Crippen LogP contribution >= 0.6 is 16.1 Å². The average molecular weight is 400 g/mol. The highest BCUT2D eigenvalue weighted by Crippen LogP contribution is 2.39. The van der Waals surface area contributed by atoms with Gasteiger partial charge in [-0.25, -0.2) is 4.57 Å². The molecule has 0 aromatic rings. The average Bonchev–Trinajstić information content (AvgIpc) is 2.87. The van der Waals surface area contributed by atoms with E-state index in [0.29, 0.717) is 6.54 Å². The number of nitrogens with one attached hydrogen (secondary N) is 1. The lowest BCUT2D eigenvalue weighted by atomic mass is 10.1. The Kier molecular flexibility index (Phi) is 9.04. The van der Waals surface area contributed by atoms with Gasteiger partial charge in [-0.05, 0) is 13.6 Å². The molecule has 1 rings (SSSR count). The second-order valence-electron chi connectivity index (χ2n) is 5.16. The highest BCUT2D eigenvalue weighted by molar-refractivity contribution is 7.46. The molecule has 4 N–H and O–H groups in total. The van der Waals surface area contributed by atoms with Gasteiger partial charge in [-0.1, -0.05) is 0 Å². The monoisotopic (exact) mass is 400 g/mol. The van der Waals surface area contributed by atoms with E-state index < -0.39 is 41.1 Å². The molecule has 25 heavy (non-hydrogen) atoms. The molecule has 1 saturated heterocycles. The van der Waals surface area contributed by atoms with Gasteiger partial charge in [0.05, 0.1) is 25.6 Å². The van der Waals surface area contributed by atoms with Gasteiger partial charge in [-0.15, -0.1) is 0 Å². The third-order valence-corrected chi connectivity index (χ3v) is 4.35. The lowest BCUT2D eigenvalue weighted by molar-refractivity contribution is -0.0603. The van der Waals surface area contributed by atoms with E-state index >= 15 is 0 Å². The Morgan fingerprint density at radius 3 is 2.80 bits per heavy atom. The molecule has 0 spiro atoms. The van der Waals surface area contributed by atoms with Crippen molar-refractivity contribution in [2.75, 3.05) is 13.2 Å². The molecule has 0 amide bonds. The van der Waals surface area contributed by atoms with Gasteiger partial charge in [0, 0.05) is 12.5 Å². The van der Waals surface area contributed by atoms with E-state index in [0.717, 1.165) is 6.34 Å². The number of phosphoric ester groups is 1. The molecular formula is C11H22N4O8P2. The van der Waals surface area contributed by atoms with E-state index in [9.17, 15) is 9.13 Å². The van der Waals surface area contributed by atoms with E-state index in [-0.39, 0.29) is 12.5 Å². The van der Waals surface area contributed by atoms with Crippen molar-refractivity contribution in [2.45, 2.75) is 37.8 Å². The summed E-state index contributed by atoms with van der Waals surface area (Å²) < 4.78 is 36.7. The molecule has 0 radical (unpaired) electrons. The molecule has 1 aliphatic heterocycles. The van der Waals surface area contributed by atoms with Gasteiger partial charge >= 0.3 is 16.1 Å². The highest BCUT2D eigenvalue weighted by atomic mass is 31.2. The first kappa shape index (κ1) is 22.1. The van der Waals surface area contributed by atoms with E-state index in [1.165, 1.54) is 11.2 Å². The summed E-state index contributed by atoms with van der Waals surface area (Å²) >= 11 is 0. The topological polar surface area (TPSA) is 174 Å². The molecule has 0 aromatic carbocycles. The number of ether oxygens (including phenoxy) is 1. The van der Waals surface area contributed by atoms with Crippen LogP contribution in [0, 0.1) is 5.41 Å². The molecule has 1 fully saturated rings. The normalized spacial score (nSPS) is 26.5. The van der Waals surface area contributed by atoms with Crippen LogP contribution in [0.15, 0.2) is 9.98 Å². The minimum Gasteiger partial charge on any atom is -0.350 e. The SMILES string of the molecule is C=N/C=N\CC(C)N(C=N)[C@H]1C[C@H](O[PH](=O)O)[C@@H](COP(=O)(O)O)O1. The molecule has 5 atom stereocenters. The van der Waals surface area contributed by atoms with Gasteiger partial charge in [0.25, 0.3) is 0 Å². The van der Waals surface area contributed by atoms with Gasteiger partial charge in [-0.3, -0.25) is 24.5 Å². The molecule has 0 aromatic heterocycles. The first-order chi connectivity index (χ1) is 11.7. The summed E-state index contributed by atoms with van der Waals surface area (Å²) in [5.41, 5.74) is 0. The number of phosphoric acid groups is 1. The van der Waals surface area contributed by atoms with Crippen LogP contribution in [0.3, 0.4) is 0 Å². The second-order valence-corrected chi connectivity index (χ2v) is 7.17. The predicted octanol–water partition coefficient (Wildman–Crippen LogP) is 0.00437. The van der Waals surface area contributed by atoms with Gasteiger partial charge in [0.15, 0.2) is 0 Å². The van der Waals surface area contributed by atoms with Crippen molar-refractivity contribution in [3.05, 3.63) is 0 Å². The van der Waals surface area contributed by atoms with Crippen LogP contribution in [-0.2, 0) is 22.9 Å². The fourth-order valence-electron chi connectivity index (χ4n) is 2.30. The van der Waals surface area contributed by atoms with Crippen LogP contribution in [0.4, 0.5) is 0 Å². The third-order valence-electron chi connectivity index (χ3n) is 3.36. The Hall–Kier alpha value is -0.970. The molecule has 0 aliphatic carbocycles. The number of hydrogen-bond acceptors (Lipinski definition) is 7. The first-order valence-corrected chi connectivity index (χ1v) is 9.94. The number of aliphatic imine (C=N–C) groups is 2. The van der Waals surface area contributed by atoms with Crippen LogP contribution in [0.25, 0.3) is 0 Å². The maximum atomic E-state index is 11.0. The second kappa shape index (κ2) is 10.2. The summed E-state index contributed by atoms with van der Waals surface area (Å²) in [4.78, 5) is 35.5. The van der Waals surface area contributed by atoms with Crippen molar-refractivity contribution in [1.82, 2.24) is 4.90 Å². The zero-order valence-corrected chi connectivity index (χ0v) is 15.4. The van der Waals surface area contributed by atoms with Crippen molar-refractivity contribution in [3.8, 4) is 0 Å². The Morgan fingerprint density at radius 1 is 1.60 bits per heavy atom. The van der Waals surface area contributed by atoms with Crippen LogP contribution < -0.4 is 0 Å². The van der Waals surface area contributed by atoms with Crippen LogP contribution in [0.2, 0.25) is 0 Å². The van der Waals surface area contributed by atoms with E-state index in [1.807, 2.05) is 0 Å². The van der Waals surface area contributed by atoms with Crippen molar-refractivity contribution in [3.63, 3.8) is 0 Å².